The second-order valence-corrected chi connectivity index (χ2v) is 9.53. The third-order valence-electron chi connectivity index (χ3n) is 6.68. The van der Waals surface area contributed by atoms with Crippen LogP contribution in [0, 0.1) is 0 Å². The highest BCUT2D eigenvalue weighted by molar-refractivity contribution is 5.95. The number of carbonyl (C=O) groups is 1. The van der Waals surface area contributed by atoms with Crippen molar-refractivity contribution >= 4 is 11.6 Å². The van der Waals surface area contributed by atoms with Crippen molar-refractivity contribution in [2.75, 3.05) is 40.2 Å². The van der Waals surface area contributed by atoms with Crippen molar-refractivity contribution in [2.45, 2.75) is 25.3 Å². The zero-order valence-electron chi connectivity index (χ0n) is 22.5. The first kappa shape index (κ1) is 27.7. The summed E-state index contributed by atoms with van der Waals surface area (Å²) >= 11 is 0. The molecule has 1 aliphatic rings. The molecular formula is C30H33N3O6. The van der Waals surface area contributed by atoms with Crippen LogP contribution in [0.15, 0.2) is 75.6 Å². The third-order valence-corrected chi connectivity index (χ3v) is 6.68. The van der Waals surface area contributed by atoms with Gasteiger partial charge in [0.25, 0.3) is 16.8 Å². The number of anilines is 1. The first-order chi connectivity index (χ1) is 18.8. The molecule has 3 aromatic carbocycles. The number of benzene rings is 2. The minimum Gasteiger partial charge on any atom is -0.496 e. The second-order valence-electron chi connectivity index (χ2n) is 9.53. The summed E-state index contributed by atoms with van der Waals surface area (Å²) in [6.07, 6.45) is 6.21. The van der Waals surface area contributed by atoms with E-state index in [0.29, 0.717) is 17.7 Å². The Morgan fingerprint density at radius 1 is 1.05 bits per heavy atom. The zero-order chi connectivity index (χ0) is 28.1. The van der Waals surface area contributed by atoms with Crippen LogP contribution in [0.4, 0.5) is 5.69 Å². The number of ether oxygens (including phenoxy) is 2. The van der Waals surface area contributed by atoms with Crippen molar-refractivity contribution in [1.29, 1.82) is 0 Å². The topological polar surface area (TPSA) is 117 Å². The molecule has 0 bridgehead atoms. The highest BCUT2D eigenvalue weighted by atomic mass is 16.5. The standard InChI is InChI=1S/C30H33N3O6/c1-33(2)30(37)20-9-7-8-18(14-20)19-12-13-25(38-3)23(15-19)24(17-34)31-21-10-5-6-11-22(16-21)32-26-27(35)28(36)29(26)39-4/h7-10,12-16,24,31-32,34H,5-6,11,17H2,1-4H3. The number of hydrogen-bond donors (Lipinski definition) is 3. The second kappa shape index (κ2) is 12.0. The summed E-state index contributed by atoms with van der Waals surface area (Å²) < 4.78 is 10.7. The van der Waals surface area contributed by atoms with Crippen molar-refractivity contribution in [3.63, 3.8) is 0 Å². The molecule has 3 N–H and O–H groups in total. The maximum atomic E-state index is 12.5. The Kier molecular flexibility index (Phi) is 8.51. The summed E-state index contributed by atoms with van der Waals surface area (Å²) in [6.45, 7) is -0.209. The largest absolute Gasteiger partial charge is 0.496 e. The molecule has 0 saturated carbocycles. The maximum absolute atomic E-state index is 12.5. The third kappa shape index (κ3) is 5.88. The molecular weight excluding hydrogens is 498 g/mol. The number of aliphatic hydroxyl groups excluding tert-OH is 1. The smallest absolute Gasteiger partial charge is 0.272 e. The minimum atomic E-state index is -0.632. The summed E-state index contributed by atoms with van der Waals surface area (Å²) in [6, 6.07) is 12.6. The molecule has 0 aliphatic heterocycles. The SMILES string of the molecule is COc1ccc(-c2cccc(C(=O)N(C)C)c2)cc1C(CO)NC1=CCCCC(Nc2c(OC)c(=O)c2=O)=C1. The number of hydrogen-bond acceptors (Lipinski definition) is 8. The molecule has 1 unspecified atom stereocenters. The molecule has 39 heavy (non-hydrogen) atoms. The monoisotopic (exact) mass is 531 g/mol. The Morgan fingerprint density at radius 2 is 1.82 bits per heavy atom. The van der Waals surface area contributed by atoms with Crippen molar-refractivity contribution in [3.05, 3.63) is 97.6 Å². The lowest BCUT2D eigenvalue weighted by Gasteiger charge is -2.22. The van der Waals surface area contributed by atoms with Crippen molar-refractivity contribution in [1.82, 2.24) is 10.2 Å². The quantitative estimate of drug-likeness (QED) is 0.341. The van der Waals surface area contributed by atoms with Crippen LogP contribution in [0.5, 0.6) is 11.5 Å². The van der Waals surface area contributed by atoms with E-state index in [1.807, 2.05) is 48.6 Å². The van der Waals surface area contributed by atoms with Crippen molar-refractivity contribution in [2.24, 2.45) is 0 Å². The van der Waals surface area contributed by atoms with E-state index in [9.17, 15) is 19.5 Å². The molecule has 9 nitrogen and oxygen atoms in total. The predicted molar refractivity (Wildman–Crippen MR) is 151 cm³/mol. The van der Waals surface area contributed by atoms with Gasteiger partial charge in [-0.15, -0.1) is 0 Å². The summed E-state index contributed by atoms with van der Waals surface area (Å²) in [7, 11) is 6.37. The number of nitrogens with one attached hydrogen (secondary N) is 2. The van der Waals surface area contributed by atoms with Gasteiger partial charge < -0.3 is 30.1 Å². The molecule has 9 heteroatoms. The van der Waals surface area contributed by atoms with Gasteiger partial charge in [0, 0.05) is 36.6 Å². The van der Waals surface area contributed by atoms with Gasteiger partial charge in [0.05, 0.1) is 26.9 Å². The molecule has 0 fully saturated rings. The number of allylic oxidation sites excluding steroid dienone is 3. The van der Waals surface area contributed by atoms with E-state index in [2.05, 4.69) is 10.6 Å². The molecule has 0 spiro atoms. The van der Waals surface area contributed by atoms with Crippen molar-refractivity contribution < 1.29 is 19.4 Å². The Balaban J connectivity index is 1.62. The Labute approximate surface area is 227 Å². The van der Waals surface area contributed by atoms with Crippen LogP contribution in [0.2, 0.25) is 0 Å². The maximum Gasteiger partial charge on any atom is 0.272 e. The molecule has 0 heterocycles. The molecule has 0 radical (unpaired) electrons. The number of carbonyl (C=O) groups excluding carboxylic acids is 1. The van der Waals surface area contributed by atoms with Gasteiger partial charge >= 0.3 is 0 Å². The molecule has 0 aromatic heterocycles. The molecule has 1 amide bonds. The van der Waals surface area contributed by atoms with Crippen molar-refractivity contribution in [3.8, 4) is 22.6 Å². The summed E-state index contributed by atoms with van der Waals surface area (Å²) in [5.74, 6) is 0.559. The number of rotatable bonds is 10. The van der Waals surface area contributed by atoms with Crippen LogP contribution in [0.25, 0.3) is 11.1 Å². The molecule has 1 atom stereocenters. The van der Waals surface area contributed by atoms with E-state index in [-0.39, 0.29) is 24.0 Å². The van der Waals surface area contributed by atoms with Crippen LogP contribution in [-0.4, -0.2) is 50.8 Å². The van der Waals surface area contributed by atoms with Gasteiger partial charge in [-0.05, 0) is 60.7 Å². The fourth-order valence-corrected chi connectivity index (χ4v) is 4.61. The average molecular weight is 532 g/mol. The fraction of sp³-hybridized carbons (Fsp3) is 0.300. The lowest BCUT2D eigenvalue weighted by molar-refractivity contribution is 0.0827. The highest BCUT2D eigenvalue weighted by Gasteiger charge is 2.23. The highest BCUT2D eigenvalue weighted by Crippen LogP contribution is 2.32. The van der Waals surface area contributed by atoms with Crippen LogP contribution in [-0.2, 0) is 0 Å². The van der Waals surface area contributed by atoms with Gasteiger partial charge in [-0.1, -0.05) is 24.3 Å². The number of aliphatic hydroxyl groups is 1. The van der Waals surface area contributed by atoms with Gasteiger partial charge in [0.15, 0.2) is 5.75 Å². The predicted octanol–water partition coefficient (Wildman–Crippen LogP) is 3.36. The lowest BCUT2D eigenvalue weighted by Crippen LogP contribution is -2.35. The zero-order valence-corrected chi connectivity index (χ0v) is 22.5. The number of nitrogens with zero attached hydrogens (tertiary/aromatic N) is 1. The summed E-state index contributed by atoms with van der Waals surface area (Å²) in [4.78, 5) is 37.8. The Bertz CT molecular complexity index is 1500. The molecule has 4 rings (SSSR count). The van der Waals surface area contributed by atoms with Gasteiger partial charge in [-0.3, -0.25) is 14.4 Å². The van der Waals surface area contributed by atoms with Crippen LogP contribution < -0.4 is 31.0 Å². The first-order valence-electron chi connectivity index (χ1n) is 12.7. The van der Waals surface area contributed by atoms with Crippen LogP contribution >= 0.6 is 0 Å². The van der Waals surface area contributed by atoms with E-state index >= 15 is 0 Å². The normalized spacial score (nSPS) is 14.1. The Hall–Kier alpha value is -4.37. The number of methoxy groups -OCH3 is 2. The van der Waals surface area contributed by atoms with Gasteiger partial charge in [0.2, 0.25) is 0 Å². The first-order valence-corrected chi connectivity index (χ1v) is 12.7. The van der Waals surface area contributed by atoms with Gasteiger partial charge in [-0.25, -0.2) is 0 Å². The van der Waals surface area contributed by atoms with Crippen LogP contribution in [0.1, 0.15) is 41.2 Å². The summed E-state index contributed by atoms with van der Waals surface area (Å²) in [5, 5.41) is 16.8. The van der Waals surface area contributed by atoms with E-state index in [0.717, 1.165) is 40.9 Å². The minimum absolute atomic E-state index is 0.0368. The van der Waals surface area contributed by atoms with E-state index in [4.69, 9.17) is 9.47 Å². The lowest BCUT2D eigenvalue weighted by atomic mass is 9.97. The molecule has 0 saturated heterocycles. The van der Waals surface area contributed by atoms with Crippen LogP contribution in [0.3, 0.4) is 0 Å². The molecule has 3 aromatic rings. The van der Waals surface area contributed by atoms with E-state index < -0.39 is 16.9 Å². The van der Waals surface area contributed by atoms with E-state index in [1.54, 1.807) is 27.3 Å². The number of amides is 1. The Morgan fingerprint density at radius 3 is 2.51 bits per heavy atom. The molecule has 1 aliphatic carbocycles. The van der Waals surface area contributed by atoms with Gasteiger partial charge in [-0.2, -0.15) is 0 Å². The van der Waals surface area contributed by atoms with E-state index in [1.165, 1.54) is 12.0 Å². The van der Waals surface area contributed by atoms with Gasteiger partial charge in [0.1, 0.15) is 11.4 Å². The summed E-state index contributed by atoms with van der Waals surface area (Å²) in [5.41, 5.74) is 3.53. The average Bonchev–Trinajstić information content (AvgIpc) is 3.19. The molecule has 204 valence electrons. The fourth-order valence-electron chi connectivity index (χ4n) is 4.61.